The van der Waals surface area contributed by atoms with Crippen molar-refractivity contribution < 1.29 is 33.6 Å². The Bertz CT molecular complexity index is 1250. The molecule has 2 aromatic rings. The lowest BCUT2D eigenvalue weighted by atomic mass is 9.94. The molecule has 1 amide bonds. The van der Waals surface area contributed by atoms with Crippen LogP contribution >= 0.6 is 0 Å². The molecule has 2 aliphatic heterocycles. The minimum absolute atomic E-state index is 0.00410. The van der Waals surface area contributed by atoms with Gasteiger partial charge in [0, 0.05) is 31.7 Å². The third-order valence-corrected chi connectivity index (χ3v) is 7.13. The molecular formula is C31H40N2O7. The molecule has 0 saturated carbocycles. The second-order valence-corrected chi connectivity index (χ2v) is 10.3. The van der Waals surface area contributed by atoms with E-state index < -0.39 is 17.7 Å². The number of methoxy groups -OCH3 is 1. The van der Waals surface area contributed by atoms with Crippen molar-refractivity contribution >= 4 is 17.4 Å². The van der Waals surface area contributed by atoms with Gasteiger partial charge < -0.3 is 29.0 Å². The molecule has 0 aromatic heterocycles. The average Bonchev–Trinajstić information content (AvgIpc) is 3.19. The largest absolute Gasteiger partial charge is 0.507 e. The van der Waals surface area contributed by atoms with Crippen molar-refractivity contribution in [2.75, 3.05) is 53.1 Å². The molecule has 2 heterocycles. The predicted octanol–water partition coefficient (Wildman–Crippen LogP) is 4.33. The number of Topliss-reactive ketones (excluding diaryl/α,β-unsaturated/α-hetero) is 1. The van der Waals surface area contributed by atoms with Crippen LogP contribution in [0.5, 0.6) is 17.2 Å². The van der Waals surface area contributed by atoms with Crippen LogP contribution in [0.2, 0.25) is 0 Å². The maximum absolute atomic E-state index is 13.5. The Kier molecular flexibility index (Phi) is 9.71. The van der Waals surface area contributed by atoms with Crippen molar-refractivity contribution in [2.24, 2.45) is 0 Å². The van der Waals surface area contributed by atoms with Crippen LogP contribution in [0.3, 0.4) is 0 Å². The molecule has 9 nitrogen and oxygen atoms in total. The molecule has 0 aliphatic carbocycles. The fourth-order valence-corrected chi connectivity index (χ4v) is 5.21. The second-order valence-electron chi connectivity index (χ2n) is 10.3. The lowest BCUT2D eigenvalue weighted by Gasteiger charge is -2.29. The van der Waals surface area contributed by atoms with E-state index >= 15 is 0 Å². The van der Waals surface area contributed by atoms with E-state index in [4.69, 9.17) is 18.9 Å². The zero-order chi connectivity index (χ0) is 28.8. The molecule has 1 atom stereocenters. The van der Waals surface area contributed by atoms with Gasteiger partial charge in [-0.25, -0.2) is 0 Å². The monoisotopic (exact) mass is 552 g/mol. The summed E-state index contributed by atoms with van der Waals surface area (Å²) in [5.74, 6) is 0.201. The van der Waals surface area contributed by atoms with E-state index in [0.29, 0.717) is 61.2 Å². The number of aliphatic hydroxyl groups is 1. The normalized spacial score (nSPS) is 19.4. The summed E-state index contributed by atoms with van der Waals surface area (Å²) in [5.41, 5.74) is 1.98. The Balaban J connectivity index is 1.73. The summed E-state index contributed by atoms with van der Waals surface area (Å²) in [5, 5.41) is 11.5. The molecule has 1 N–H and O–H groups in total. The summed E-state index contributed by atoms with van der Waals surface area (Å²) in [7, 11) is 1.55. The first-order chi connectivity index (χ1) is 19.2. The van der Waals surface area contributed by atoms with Crippen molar-refractivity contribution in [1.29, 1.82) is 0 Å². The Morgan fingerprint density at radius 3 is 2.42 bits per heavy atom. The highest BCUT2D eigenvalue weighted by Gasteiger charge is 2.46. The highest BCUT2D eigenvalue weighted by molar-refractivity contribution is 6.46. The number of hydrogen-bond acceptors (Lipinski definition) is 8. The number of carbonyl (C=O) groups is 2. The lowest BCUT2D eigenvalue weighted by molar-refractivity contribution is -0.140. The van der Waals surface area contributed by atoms with Crippen LogP contribution < -0.4 is 14.2 Å². The molecule has 9 heteroatoms. The van der Waals surface area contributed by atoms with Gasteiger partial charge in [0.1, 0.15) is 11.5 Å². The predicted molar refractivity (Wildman–Crippen MR) is 152 cm³/mol. The molecule has 4 rings (SSSR count). The van der Waals surface area contributed by atoms with E-state index in [-0.39, 0.29) is 17.4 Å². The van der Waals surface area contributed by atoms with E-state index in [2.05, 4.69) is 4.90 Å². The molecule has 40 heavy (non-hydrogen) atoms. The summed E-state index contributed by atoms with van der Waals surface area (Å²) in [6, 6.07) is 9.84. The van der Waals surface area contributed by atoms with Crippen LogP contribution in [-0.2, 0) is 14.3 Å². The molecule has 2 aliphatic rings. The Morgan fingerprint density at radius 1 is 1.05 bits per heavy atom. The van der Waals surface area contributed by atoms with E-state index in [1.807, 2.05) is 33.8 Å². The van der Waals surface area contributed by atoms with Gasteiger partial charge in [0.2, 0.25) is 0 Å². The van der Waals surface area contributed by atoms with Gasteiger partial charge >= 0.3 is 0 Å². The zero-order valence-electron chi connectivity index (χ0n) is 24.1. The summed E-state index contributed by atoms with van der Waals surface area (Å²) in [4.78, 5) is 30.7. The first kappa shape index (κ1) is 29.4. The third-order valence-electron chi connectivity index (χ3n) is 7.13. The number of hydrogen-bond donors (Lipinski definition) is 1. The van der Waals surface area contributed by atoms with Gasteiger partial charge in [-0.2, -0.15) is 0 Å². The molecule has 216 valence electrons. The van der Waals surface area contributed by atoms with Crippen LogP contribution in [0.4, 0.5) is 0 Å². The summed E-state index contributed by atoms with van der Waals surface area (Å²) in [6.07, 6.45) is 0.675. The maximum Gasteiger partial charge on any atom is 0.295 e. The average molecular weight is 553 g/mol. The first-order valence-electron chi connectivity index (χ1n) is 13.9. The lowest BCUT2D eigenvalue weighted by Crippen LogP contribution is -2.39. The van der Waals surface area contributed by atoms with Gasteiger partial charge in [-0.05, 0) is 75.6 Å². The van der Waals surface area contributed by atoms with Crippen molar-refractivity contribution in [2.45, 2.75) is 46.3 Å². The summed E-state index contributed by atoms with van der Waals surface area (Å²) in [6.45, 7) is 12.3. The molecule has 0 radical (unpaired) electrons. The van der Waals surface area contributed by atoms with Crippen molar-refractivity contribution in [1.82, 2.24) is 9.80 Å². The van der Waals surface area contributed by atoms with Crippen molar-refractivity contribution in [3.63, 3.8) is 0 Å². The number of ketones is 1. The molecule has 2 aromatic carbocycles. The van der Waals surface area contributed by atoms with Gasteiger partial charge in [-0.1, -0.05) is 6.07 Å². The number of morpholine rings is 1. The smallest absolute Gasteiger partial charge is 0.295 e. The van der Waals surface area contributed by atoms with E-state index in [0.717, 1.165) is 25.2 Å². The molecular weight excluding hydrogens is 512 g/mol. The third kappa shape index (κ3) is 6.42. The molecule has 0 unspecified atom stereocenters. The number of nitrogens with zero attached hydrogens (tertiary/aromatic N) is 2. The number of aliphatic hydroxyl groups excluding tert-OH is 1. The number of likely N-dealkylation sites (tertiary alicyclic amines) is 1. The summed E-state index contributed by atoms with van der Waals surface area (Å²) < 4.78 is 22.5. The zero-order valence-corrected chi connectivity index (χ0v) is 24.1. The number of amides is 1. The fraction of sp³-hybridized carbons (Fsp3) is 0.484. The number of rotatable bonds is 11. The molecule has 2 saturated heterocycles. The first-order valence-corrected chi connectivity index (χ1v) is 13.9. The number of aryl methyl sites for hydroxylation is 1. The van der Waals surface area contributed by atoms with Gasteiger partial charge in [0.05, 0.1) is 44.6 Å². The fourth-order valence-electron chi connectivity index (χ4n) is 5.21. The summed E-state index contributed by atoms with van der Waals surface area (Å²) >= 11 is 0. The van der Waals surface area contributed by atoms with Crippen molar-refractivity contribution in [3.05, 3.63) is 58.7 Å². The van der Waals surface area contributed by atoms with Crippen LogP contribution in [0, 0.1) is 6.92 Å². The molecule has 0 spiro atoms. The van der Waals surface area contributed by atoms with Gasteiger partial charge in [0.25, 0.3) is 11.7 Å². The Labute approximate surface area is 236 Å². The standard InChI is InChI=1S/C31H40N2O7/c1-6-39-25-11-8-22(19-26(25)37-5)28-27(29(34)23-9-10-24(21(4)18-23)40-20(2)3)30(35)31(36)33(28)13-7-12-32-14-16-38-17-15-32/h8-11,18-20,28,34H,6-7,12-17H2,1-5H3/t28-/m1/s1. The number of ether oxygens (including phenoxy) is 4. The van der Waals surface area contributed by atoms with Crippen LogP contribution in [0.15, 0.2) is 42.0 Å². The second kappa shape index (κ2) is 13.2. The maximum atomic E-state index is 13.5. The van der Waals surface area contributed by atoms with Crippen LogP contribution in [0.25, 0.3) is 5.76 Å². The van der Waals surface area contributed by atoms with Gasteiger partial charge in [0.15, 0.2) is 11.5 Å². The van der Waals surface area contributed by atoms with E-state index in [1.54, 1.807) is 42.3 Å². The van der Waals surface area contributed by atoms with Gasteiger partial charge in [-0.3, -0.25) is 14.5 Å². The number of carbonyl (C=O) groups excluding carboxylic acids is 2. The van der Waals surface area contributed by atoms with Gasteiger partial charge in [-0.15, -0.1) is 0 Å². The van der Waals surface area contributed by atoms with Crippen LogP contribution in [-0.4, -0.2) is 85.8 Å². The molecule has 2 fully saturated rings. The quantitative estimate of drug-likeness (QED) is 0.250. The highest BCUT2D eigenvalue weighted by Crippen LogP contribution is 2.42. The van der Waals surface area contributed by atoms with Crippen LogP contribution in [0.1, 0.15) is 49.9 Å². The van der Waals surface area contributed by atoms with E-state index in [9.17, 15) is 14.7 Å². The minimum Gasteiger partial charge on any atom is -0.507 e. The SMILES string of the molecule is CCOc1ccc([C@@H]2C(=C(O)c3ccc(OC(C)C)c(C)c3)C(=O)C(=O)N2CCCN2CCOCC2)cc1OC. The molecule has 0 bridgehead atoms. The topological polar surface area (TPSA) is 97.8 Å². The van der Waals surface area contributed by atoms with E-state index in [1.165, 1.54) is 0 Å². The highest BCUT2D eigenvalue weighted by atomic mass is 16.5. The minimum atomic E-state index is -0.777. The Hall–Kier alpha value is -3.56. The Morgan fingerprint density at radius 2 is 1.77 bits per heavy atom. The van der Waals surface area contributed by atoms with Crippen molar-refractivity contribution in [3.8, 4) is 17.2 Å². The number of benzene rings is 2.